The van der Waals surface area contributed by atoms with Gasteiger partial charge in [-0.05, 0) is 30.3 Å². The van der Waals surface area contributed by atoms with E-state index in [2.05, 4.69) is 10.6 Å². The lowest BCUT2D eigenvalue weighted by Crippen LogP contribution is -2.10. The number of carbonyl (C=O) groups excluding carboxylic acids is 1. The van der Waals surface area contributed by atoms with Crippen molar-refractivity contribution in [3.05, 3.63) is 53.1 Å². The van der Waals surface area contributed by atoms with Crippen LogP contribution < -0.4 is 10.6 Å². The molecule has 0 aromatic heterocycles. The van der Waals surface area contributed by atoms with Gasteiger partial charge in [-0.3, -0.25) is 4.79 Å². The summed E-state index contributed by atoms with van der Waals surface area (Å²) in [5, 5.41) is 6.61. The summed E-state index contributed by atoms with van der Waals surface area (Å²) in [7, 11) is 0. The number of benzene rings is 2. The molecule has 17 heavy (non-hydrogen) atoms. The number of halogens is 1. The van der Waals surface area contributed by atoms with Crippen molar-refractivity contribution in [3.63, 3.8) is 0 Å². The topological polar surface area (TPSA) is 41.1 Å². The highest BCUT2D eigenvalue weighted by Gasteiger charge is 2.18. The molecule has 2 aromatic rings. The molecule has 1 aliphatic rings. The fourth-order valence-electron chi connectivity index (χ4n) is 1.85. The molecule has 3 rings (SSSR count). The lowest BCUT2D eigenvalue weighted by atomic mass is 10.1. The molecule has 1 aliphatic heterocycles. The van der Waals surface area contributed by atoms with Crippen LogP contribution >= 0.6 is 11.6 Å². The van der Waals surface area contributed by atoms with Gasteiger partial charge in [-0.25, -0.2) is 0 Å². The van der Waals surface area contributed by atoms with Crippen LogP contribution in [0.15, 0.2) is 42.5 Å². The number of nitrogens with one attached hydrogen (secondary N) is 2. The van der Waals surface area contributed by atoms with Crippen molar-refractivity contribution >= 4 is 34.6 Å². The first kappa shape index (κ1) is 10.2. The molecule has 0 unspecified atom stereocenters. The molecule has 0 bridgehead atoms. The highest BCUT2D eigenvalue weighted by molar-refractivity contribution is 6.31. The number of amides is 1. The molecular formula is C13H9ClN2O. The Morgan fingerprint density at radius 3 is 2.35 bits per heavy atom. The predicted molar refractivity (Wildman–Crippen MR) is 69.1 cm³/mol. The molecule has 0 fully saturated rings. The Hall–Kier alpha value is -2.00. The van der Waals surface area contributed by atoms with Crippen molar-refractivity contribution in [2.45, 2.75) is 0 Å². The lowest BCUT2D eigenvalue weighted by Gasteiger charge is -2.07. The van der Waals surface area contributed by atoms with Gasteiger partial charge >= 0.3 is 0 Å². The quantitative estimate of drug-likeness (QED) is 0.743. The zero-order chi connectivity index (χ0) is 11.8. The molecule has 0 radical (unpaired) electrons. The van der Waals surface area contributed by atoms with E-state index in [0.717, 1.165) is 17.1 Å². The van der Waals surface area contributed by atoms with Crippen molar-refractivity contribution in [3.8, 4) is 0 Å². The summed E-state index contributed by atoms with van der Waals surface area (Å²) in [5.74, 6) is -0.153. The van der Waals surface area contributed by atoms with Crippen molar-refractivity contribution in [1.82, 2.24) is 0 Å². The SMILES string of the molecule is O=C1Nc2ccccc2Nc2ccc(Cl)cc21. The van der Waals surface area contributed by atoms with Gasteiger partial charge in [0.15, 0.2) is 0 Å². The first-order valence-corrected chi connectivity index (χ1v) is 5.59. The average Bonchev–Trinajstić information content (AvgIpc) is 2.46. The number of carbonyl (C=O) groups is 1. The minimum atomic E-state index is -0.153. The van der Waals surface area contributed by atoms with E-state index < -0.39 is 0 Å². The zero-order valence-corrected chi connectivity index (χ0v) is 9.58. The standard InChI is InChI=1S/C13H9ClN2O/c14-8-5-6-10-9(7-8)13(17)16-12-4-2-1-3-11(12)15-10/h1-7,15H,(H,16,17). The van der Waals surface area contributed by atoms with Gasteiger partial charge in [-0.1, -0.05) is 23.7 Å². The largest absolute Gasteiger partial charge is 0.353 e. The number of para-hydroxylation sites is 2. The lowest BCUT2D eigenvalue weighted by molar-refractivity contribution is 0.102. The number of hydrogen-bond donors (Lipinski definition) is 2. The first-order valence-electron chi connectivity index (χ1n) is 5.21. The molecule has 1 heterocycles. The highest BCUT2D eigenvalue weighted by atomic mass is 35.5. The molecule has 0 atom stereocenters. The molecule has 1 amide bonds. The van der Waals surface area contributed by atoms with Gasteiger partial charge < -0.3 is 10.6 Å². The maximum absolute atomic E-state index is 12.0. The zero-order valence-electron chi connectivity index (χ0n) is 8.83. The highest BCUT2D eigenvalue weighted by Crippen LogP contribution is 2.32. The van der Waals surface area contributed by atoms with E-state index in [1.165, 1.54) is 0 Å². The van der Waals surface area contributed by atoms with Gasteiger partial charge in [0, 0.05) is 5.02 Å². The van der Waals surface area contributed by atoms with Crippen LogP contribution in [0.3, 0.4) is 0 Å². The number of rotatable bonds is 0. The molecular weight excluding hydrogens is 236 g/mol. The molecule has 0 spiro atoms. The van der Waals surface area contributed by atoms with E-state index in [1.807, 2.05) is 24.3 Å². The van der Waals surface area contributed by atoms with Crippen LogP contribution in [0.1, 0.15) is 10.4 Å². The Morgan fingerprint density at radius 1 is 0.882 bits per heavy atom. The average molecular weight is 245 g/mol. The summed E-state index contributed by atoms with van der Waals surface area (Å²) in [5.41, 5.74) is 2.96. The fourth-order valence-corrected chi connectivity index (χ4v) is 2.02. The van der Waals surface area contributed by atoms with Crippen molar-refractivity contribution < 1.29 is 4.79 Å². The second kappa shape index (κ2) is 3.79. The van der Waals surface area contributed by atoms with Gasteiger partial charge in [0.2, 0.25) is 0 Å². The van der Waals surface area contributed by atoms with E-state index >= 15 is 0 Å². The Kier molecular flexibility index (Phi) is 2.27. The Bertz CT molecular complexity index is 610. The third-order valence-corrected chi connectivity index (χ3v) is 2.91. The third kappa shape index (κ3) is 1.74. The van der Waals surface area contributed by atoms with Crippen LogP contribution in [0, 0.1) is 0 Å². The van der Waals surface area contributed by atoms with Crippen molar-refractivity contribution in [1.29, 1.82) is 0 Å². The molecule has 2 aromatic carbocycles. The van der Waals surface area contributed by atoms with Crippen molar-refractivity contribution in [2.24, 2.45) is 0 Å². The number of hydrogen-bond acceptors (Lipinski definition) is 2. The molecule has 4 heteroatoms. The summed E-state index contributed by atoms with van der Waals surface area (Å²) < 4.78 is 0. The van der Waals surface area contributed by atoms with Crippen LogP contribution in [0.2, 0.25) is 5.02 Å². The van der Waals surface area contributed by atoms with Gasteiger partial charge in [-0.15, -0.1) is 0 Å². The van der Waals surface area contributed by atoms with Crippen LogP contribution in [0.4, 0.5) is 17.1 Å². The maximum Gasteiger partial charge on any atom is 0.257 e. The van der Waals surface area contributed by atoms with Crippen LogP contribution in [-0.4, -0.2) is 5.91 Å². The summed E-state index contributed by atoms with van der Waals surface area (Å²) in [6.07, 6.45) is 0. The van der Waals surface area contributed by atoms with Gasteiger partial charge in [0.25, 0.3) is 5.91 Å². The van der Waals surface area contributed by atoms with E-state index in [0.29, 0.717) is 10.6 Å². The normalized spacial score (nSPS) is 12.9. The Balaban J connectivity index is 2.17. The molecule has 3 nitrogen and oxygen atoms in total. The minimum Gasteiger partial charge on any atom is -0.353 e. The summed E-state index contributed by atoms with van der Waals surface area (Å²) in [6.45, 7) is 0. The summed E-state index contributed by atoms with van der Waals surface area (Å²) in [4.78, 5) is 12.0. The Labute approximate surface area is 103 Å². The first-order chi connectivity index (χ1) is 8.24. The van der Waals surface area contributed by atoms with Crippen LogP contribution in [0.25, 0.3) is 0 Å². The number of fused-ring (bicyclic) bond motifs is 2. The smallest absolute Gasteiger partial charge is 0.257 e. The van der Waals surface area contributed by atoms with Crippen molar-refractivity contribution in [2.75, 3.05) is 10.6 Å². The Morgan fingerprint density at radius 2 is 1.59 bits per heavy atom. The van der Waals surface area contributed by atoms with Crippen LogP contribution in [-0.2, 0) is 0 Å². The third-order valence-electron chi connectivity index (χ3n) is 2.67. The summed E-state index contributed by atoms with van der Waals surface area (Å²) >= 11 is 5.90. The van der Waals surface area contributed by atoms with Gasteiger partial charge in [-0.2, -0.15) is 0 Å². The second-order valence-electron chi connectivity index (χ2n) is 3.81. The van der Waals surface area contributed by atoms with E-state index in [-0.39, 0.29) is 5.91 Å². The molecule has 0 aliphatic carbocycles. The number of anilines is 3. The van der Waals surface area contributed by atoms with E-state index in [4.69, 9.17) is 11.6 Å². The van der Waals surface area contributed by atoms with E-state index in [9.17, 15) is 4.79 Å². The van der Waals surface area contributed by atoms with Gasteiger partial charge in [0.05, 0.1) is 22.6 Å². The summed E-state index contributed by atoms with van der Waals surface area (Å²) in [6, 6.07) is 12.8. The van der Waals surface area contributed by atoms with E-state index in [1.54, 1.807) is 18.2 Å². The second-order valence-corrected chi connectivity index (χ2v) is 4.25. The molecule has 84 valence electrons. The minimum absolute atomic E-state index is 0.153. The monoisotopic (exact) mass is 244 g/mol. The molecule has 0 saturated heterocycles. The fraction of sp³-hybridized carbons (Fsp3) is 0. The predicted octanol–water partition coefficient (Wildman–Crippen LogP) is 3.65. The van der Waals surface area contributed by atoms with Gasteiger partial charge in [0.1, 0.15) is 0 Å². The molecule has 2 N–H and O–H groups in total. The van der Waals surface area contributed by atoms with Crippen LogP contribution in [0.5, 0.6) is 0 Å². The maximum atomic E-state index is 12.0. The molecule has 0 saturated carbocycles.